The Morgan fingerprint density at radius 3 is 2.71 bits per heavy atom. The zero-order valence-electron chi connectivity index (χ0n) is 12.6. The summed E-state index contributed by atoms with van der Waals surface area (Å²) in [5, 5.41) is 12.7. The van der Waals surface area contributed by atoms with Gasteiger partial charge in [0, 0.05) is 19.6 Å². The standard InChI is InChI=1S/C16H23NO4/c1-16(15(18)19,17-11-14-4-3-9-21-14)10-12-5-7-13(20-2)8-6-12/h5-8,14,17H,3-4,9-11H2,1-2H3,(H,18,19). The lowest BCUT2D eigenvalue weighted by molar-refractivity contribution is -0.144. The summed E-state index contributed by atoms with van der Waals surface area (Å²) in [7, 11) is 1.61. The summed E-state index contributed by atoms with van der Waals surface area (Å²) in [5.74, 6) is -0.0839. The molecule has 0 saturated carbocycles. The van der Waals surface area contributed by atoms with Crippen LogP contribution in [0.1, 0.15) is 25.3 Å². The minimum atomic E-state index is -0.999. The summed E-state index contributed by atoms with van der Waals surface area (Å²) in [6.07, 6.45) is 2.58. The van der Waals surface area contributed by atoms with Crippen LogP contribution in [0.5, 0.6) is 5.75 Å². The van der Waals surface area contributed by atoms with E-state index < -0.39 is 11.5 Å². The highest BCUT2D eigenvalue weighted by Crippen LogP contribution is 2.19. The molecule has 2 N–H and O–H groups in total. The maximum atomic E-state index is 11.6. The number of rotatable bonds is 7. The monoisotopic (exact) mass is 293 g/mol. The highest BCUT2D eigenvalue weighted by molar-refractivity contribution is 5.78. The first-order valence-electron chi connectivity index (χ1n) is 7.26. The summed E-state index contributed by atoms with van der Waals surface area (Å²) < 4.78 is 10.6. The summed E-state index contributed by atoms with van der Waals surface area (Å²) in [4.78, 5) is 11.6. The minimum absolute atomic E-state index is 0.125. The van der Waals surface area contributed by atoms with E-state index in [9.17, 15) is 9.90 Å². The molecule has 2 atom stereocenters. The van der Waals surface area contributed by atoms with Crippen LogP contribution in [0.15, 0.2) is 24.3 Å². The molecule has 0 aromatic heterocycles. The van der Waals surface area contributed by atoms with Gasteiger partial charge in [0.2, 0.25) is 0 Å². The van der Waals surface area contributed by atoms with Gasteiger partial charge in [-0.25, -0.2) is 0 Å². The Hall–Kier alpha value is -1.59. The average Bonchev–Trinajstić information content (AvgIpc) is 2.99. The molecule has 0 spiro atoms. The Morgan fingerprint density at radius 1 is 1.48 bits per heavy atom. The number of ether oxygens (including phenoxy) is 2. The van der Waals surface area contributed by atoms with Crippen molar-refractivity contribution in [1.29, 1.82) is 0 Å². The van der Waals surface area contributed by atoms with Crippen molar-refractivity contribution in [2.75, 3.05) is 20.3 Å². The van der Waals surface area contributed by atoms with E-state index >= 15 is 0 Å². The molecule has 1 saturated heterocycles. The maximum absolute atomic E-state index is 11.6. The second kappa shape index (κ2) is 6.91. The van der Waals surface area contributed by atoms with Gasteiger partial charge in [0.15, 0.2) is 0 Å². The number of carbonyl (C=O) groups is 1. The van der Waals surface area contributed by atoms with Crippen molar-refractivity contribution in [3.63, 3.8) is 0 Å². The van der Waals surface area contributed by atoms with Crippen molar-refractivity contribution in [2.45, 2.75) is 37.8 Å². The average molecular weight is 293 g/mol. The molecule has 116 valence electrons. The van der Waals surface area contributed by atoms with Gasteiger partial charge in [-0.2, -0.15) is 0 Å². The highest BCUT2D eigenvalue weighted by atomic mass is 16.5. The van der Waals surface area contributed by atoms with Gasteiger partial charge in [-0.15, -0.1) is 0 Å². The number of carboxylic acids is 1. The number of methoxy groups -OCH3 is 1. The lowest BCUT2D eigenvalue weighted by Gasteiger charge is -2.28. The number of benzene rings is 1. The molecule has 0 aliphatic carbocycles. The predicted octanol–water partition coefficient (Wildman–Crippen LogP) is 1.85. The van der Waals surface area contributed by atoms with Crippen LogP contribution in [0.4, 0.5) is 0 Å². The zero-order chi connectivity index (χ0) is 15.3. The quantitative estimate of drug-likeness (QED) is 0.803. The molecule has 1 fully saturated rings. The number of hydrogen-bond acceptors (Lipinski definition) is 4. The van der Waals surface area contributed by atoms with Gasteiger partial charge in [-0.3, -0.25) is 10.1 Å². The summed E-state index contributed by atoms with van der Waals surface area (Å²) in [6.45, 7) is 3.06. The Labute approximate surface area is 125 Å². The van der Waals surface area contributed by atoms with Crippen molar-refractivity contribution in [3.8, 4) is 5.75 Å². The number of nitrogens with one attached hydrogen (secondary N) is 1. The van der Waals surface area contributed by atoms with Crippen LogP contribution in [0.2, 0.25) is 0 Å². The van der Waals surface area contributed by atoms with Crippen molar-refractivity contribution in [2.24, 2.45) is 0 Å². The maximum Gasteiger partial charge on any atom is 0.323 e. The molecule has 2 unspecified atom stereocenters. The molecule has 1 aromatic carbocycles. The normalized spacial score (nSPS) is 21.0. The van der Waals surface area contributed by atoms with Crippen LogP contribution >= 0.6 is 0 Å². The molecule has 2 rings (SSSR count). The molecular weight excluding hydrogens is 270 g/mol. The second-order valence-electron chi connectivity index (χ2n) is 5.68. The molecular formula is C16H23NO4. The Morgan fingerprint density at radius 2 is 2.19 bits per heavy atom. The fraction of sp³-hybridized carbons (Fsp3) is 0.562. The Balaban J connectivity index is 2.00. The highest BCUT2D eigenvalue weighted by Gasteiger charge is 2.34. The number of hydrogen-bond donors (Lipinski definition) is 2. The van der Waals surface area contributed by atoms with Crippen LogP contribution < -0.4 is 10.1 Å². The molecule has 0 radical (unpaired) electrons. The largest absolute Gasteiger partial charge is 0.497 e. The third-order valence-corrected chi connectivity index (χ3v) is 3.93. The van der Waals surface area contributed by atoms with Gasteiger partial charge in [0.1, 0.15) is 11.3 Å². The van der Waals surface area contributed by atoms with E-state index in [4.69, 9.17) is 9.47 Å². The molecule has 0 bridgehead atoms. The van der Waals surface area contributed by atoms with Gasteiger partial charge in [-0.1, -0.05) is 12.1 Å². The van der Waals surface area contributed by atoms with E-state index in [2.05, 4.69) is 5.32 Å². The Bertz CT molecular complexity index is 468. The molecule has 5 heteroatoms. The fourth-order valence-electron chi connectivity index (χ4n) is 2.51. The fourth-order valence-corrected chi connectivity index (χ4v) is 2.51. The smallest absolute Gasteiger partial charge is 0.323 e. The third kappa shape index (κ3) is 4.19. The van der Waals surface area contributed by atoms with Gasteiger partial charge >= 0.3 is 5.97 Å². The van der Waals surface area contributed by atoms with E-state index in [0.717, 1.165) is 30.8 Å². The van der Waals surface area contributed by atoms with E-state index in [1.807, 2.05) is 24.3 Å². The van der Waals surface area contributed by atoms with Crippen molar-refractivity contribution < 1.29 is 19.4 Å². The number of aliphatic carboxylic acids is 1. The van der Waals surface area contributed by atoms with Crippen LogP contribution in [0.25, 0.3) is 0 Å². The van der Waals surface area contributed by atoms with Crippen molar-refractivity contribution >= 4 is 5.97 Å². The van der Waals surface area contributed by atoms with Crippen LogP contribution in [0, 0.1) is 0 Å². The van der Waals surface area contributed by atoms with Crippen LogP contribution in [-0.2, 0) is 16.0 Å². The number of carboxylic acid groups (broad SMARTS) is 1. The van der Waals surface area contributed by atoms with Crippen molar-refractivity contribution in [1.82, 2.24) is 5.32 Å². The van der Waals surface area contributed by atoms with Crippen LogP contribution in [0.3, 0.4) is 0 Å². The minimum Gasteiger partial charge on any atom is -0.497 e. The SMILES string of the molecule is COc1ccc(CC(C)(NCC2CCCO2)C(=O)O)cc1. The lowest BCUT2D eigenvalue weighted by Crippen LogP contribution is -2.53. The van der Waals surface area contributed by atoms with Crippen LogP contribution in [-0.4, -0.2) is 43.0 Å². The molecule has 21 heavy (non-hydrogen) atoms. The van der Waals surface area contributed by atoms with E-state index in [1.54, 1.807) is 14.0 Å². The lowest BCUT2D eigenvalue weighted by atomic mass is 9.92. The van der Waals surface area contributed by atoms with Crippen molar-refractivity contribution in [3.05, 3.63) is 29.8 Å². The van der Waals surface area contributed by atoms with Gasteiger partial charge < -0.3 is 14.6 Å². The molecule has 5 nitrogen and oxygen atoms in total. The van der Waals surface area contributed by atoms with E-state index in [1.165, 1.54) is 0 Å². The Kier molecular flexibility index (Phi) is 5.20. The van der Waals surface area contributed by atoms with E-state index in [0.29, 0.717) is 13.0 Å². The predicted molar refractivity (Wildman–Crippen MR) is 79.7 cm³/mol. The third-order valence-electron chi connectivity index (χ3n) is 3.93. The molecule has 1 aliphatic heterocycles. The van der Waals surface area contributed by atoms with E-state index in [-0.39, 0.29) is 6.10 Å². The van der Waals surface area contributed by atoms with Gasteiger partial charge in [-0.05, 0) is 37.5 Å². The molecule has 1 heterocycles. The molecule has 0 amide bonds. The molecule has 1 aliphatic rings. The van der Waals surface area contributed by atoms with Gasteiger partial charge in [0.05, 0.1) is 13.2 Å². The molecule has 1 aromatic rings. The first kappa shape index (κ1) is 15.8. The van der Waals surface area contributed by atoms with Gasteiger partial charge in [0.25, 0.3) is 0 Å². The summed E-state index contributed by atoms with van der Waals surface area (Å²) >= 11 is 0. The summed E-state index contributed by atoms with van der Waals surface area (Å²) in [5.41, 5.74) is -0.0406. The topological polar surface area (TPSA) is 67.8 Å². The zero-order valence-corrected chi connectivity index (χ0v) is 12.6. The first-order chi connectivity index (χ1) is 10.0. The summed E-state index contributed by atoms with van der Waals surface area (Å²) in [6, 6.07) is 7.48. The first-order valence-corrected chi connectivity index (χ1v) is 7.26. The second-order valence-corrected chi connectivity index (χ2v) is 5.68.